The Morgan fingerprint density at radius 1 is 1.24 bits per heavy atom. The molecule has 5 nitrogen and oxygen atoms in total. The van der Waals surface area contributed by atoms with Gasteiger partial charge in [0.2, 0.25) is 0 Å². The third-order valence-corrected chi connectivity index (χ3v) is 2.70. The van der Waals surface area contributed by atoms with Crippen molar-refractivity contribution in [3.63, 3.8) is 0 Å². The Hall–Kier alpha value is -0.650. The van der Waals surface area contributed by atoms with Crippen LogP contribution in [-0.4, -0.2) is 52.1 Å². The number of methoxy groups -OCH3 is 1. The van der Waals surface area contributed by atoms with Crippen LogP contribution in [0.25, 0.3) is 0 Å². The Kier molecular flexibility index (Phi) is 7.96. The number of hydrogen-bond donors (Lipinski definition) is 1. The molecule has 5 heteroatoms. The Morgan fingerprint density at radius 3 is 2.82 bits per heavy atom. The smallest absolute Gasteiger partial charge is 0.323 e. The van der Waals surface area contributed by atoms with Gasteiger partial charge in [0, 0.05) is 20.1 Å². The Balaban J connectivity index is 1.92. The van der Waals surface area contributed by atoms with E-state index in [0.29, 0.717) is 26.4 Å². The molecule has 0 aromatic rings. The highest BCUT2D eigenvalue weighted by Gasteiger charge is 2.21. The number of piperidine rings is 1. The minimum absolute atomic E-state index is 0.0989. The van der Waals surface area contributed by atoms with Gasteiger partial charge in [-0.3, -0.25) is 4.79 Å². The second-order valence-electron chi connectivity index (χ2n) is 4.13. The Labute approximate surface area is 103 Å². The van der Waals surface area contributed by atoms with Gasteiger partial charge in [0.05, 0.1) is 19.8 Å². The largest absolute Gasteiger partial charge is 0.464 e. The molecule has 100 valence electrons. The highest BCUT2D eigenvalue weighted by Crippen LogP contribution is 2.08. The number of rotatable bonds is 8. The number of carbonyl (C=O) groups excluding carboxylic acids is 1. The summed E-state index contributed by atoms with van der Waals surface area (Å²) in [6.07, 6.45) is 3.88. The minimum Gasteiger partial charge on any atom is -0.464 e. The molecular weight excluding hydrogens is 222 g/mol. The van der Waals surface area contributed by atoms with Crippen molar-refractivity contribution < 1.29 is 19.0 Å². The summed E-state index contributed by atoms with van der Waals surface area (Å²) in [7, 11) is 1.64. The molecule has 0 bridgehead atoms. The Morgan fingerprint density at radius 2 is 2.12 bits per heavy atom. The molecule has 0 aromatic heterocycles. The molecule has 1 rings (SSSR count). The molecule has 17 heavy (non-hydrogen) atoms. The monoisotopic (exact) mass is 245 g/mol. The van der Waals surface area contributed by atoms with Crippen molar-refractivity contribution in [2.24, 2.45) is 0 Å². The molecule has 0 radical (unpaired) electrons. The zero-order valence-electron chi connectivity index (χ0n) is 10.6. The zero-order chi connectivity index (χ0) is 12.3. The lowest BCUT2D eigenvalue weighted by atomic mass is 10.1. The van der Waals surface area contributed by atoms with Crippen molar-refractivity contribution in [1.82, 2.24) is 5.32 Å². The molecule has 1 heterocycles. The molecule has 0 unspecified atom stereocenters. The van der Waals surface area contributed by atoms with Gasteiger partial charge in [-0.2, -0.15) is 0 Å². The lowest BCUT2D eigenvalue weighted by molar-refractivity contribution is -0.147. The molecule has 0 amide bonds. The maximum absolute atomic E-state index is 11.6. The van der Waals surface area contributed by atoms with E-state index in [1.54, 1.807) is 7.11 Å². The first-order valence-corrected chi connectivity index (χ1v) is 6.31. The first-order chi connectivity index (χ1) is 8.34. The summed E-state index contributed by atoms with van der Waals surface area (Å²) in [6.45, 7) is 3.15. The summed E-state index contributed by atoms with van der Waals surface area (Å²) < 4.78 is 15.3. The van der Waals surface area contributed by atoms with Gasteiger partial charge in [-0.15, -0.1) is 0 Å². The van der Waals surface area contributed by atoms with E-state index >= 15 is 0 Å². The molecule has 0 aliphatic carbocycles. The third-order valence-electron chi connectivity index (χ3n) is 2.70. The minimum atomic E-state index is -0.124. The number of ether oxygens (including phenoxy) is 3. The maximum Gasteiger partial charge on any atom is 0.323 e. The van der Waals surface area contributed by atoms with Crippen LogP contribution in [-0.2, 0) is 19.0 Å². The third kappa shape index (κ3) is 6.61. The molecule has 1 N–H and O–H groups in total. The van der Waals surface area contributed by atoms with E-state index in [1.807, 2.05) is 0 Å². The first-order valence-electron chi connectivity index (χ1n) is 6.31. The van der Waals surface area contributed by atoms with E-state index in [9.17, 15) is 4.79 Å². The van der Waals surface area contributed by atoms with Crippen LogP contribution in [0.2, 0.25) is 0 Å². The van der Waals surface area contributed by atoms with Crippen LogP contribution in [0.5, 0.6) is 0 Å². The number of carbonyl (C=O) groups is 1. The highest BCUT2D eigenvalue weighted by molar-refractivity contribution is 5.75. The van der Waals surface area contributed by atoms with Crippen molar-refractivity contribution >= 4 is 5.97 Å². The van der Waals surface area contributed by atoms with E-state index < -0.39 is 0 Å². The van der Waals surface area contributed by atoms with Gasteiger partial charge >= 0.3 is 5.97 Å². The molecule has 0 saturated carbocycles. The zero-order valence-corrected chi connectivity index (χ0v) is 10.6. The summed E-state index contributed by atoms with van der Waals surface area (Å²) in [4.78, 5) is 11.6. The number of hydrogen-bond acceptors (Lipinski definition) is 5. The Bertz CT molecular complexity index is 205. The van der Waals surface area contributed by atoms with Crippen molar-refractivity contribution in [3.8, 4) is 0 Å². The SMILES string of the molecule is COCCOCCCOC(=O)[C@H]1CCCCN1. The van der Waals surface area contributed by atoms with Crippen LogP contribution >= 0.6 is 0 Å². The van der Waals surface area contributed by atoms with E-state index in [2.05, 4.69) is 5.32 Å². The van der Waals surface area contributed by atoms with Crippen molar-refractivity contribution in [1.29, 1.82) is 0 Å². The van der Waals surface area contributed by atoms with Gasteiger partial charge in [0.1, 0.15) is 6.04 Å². The molecule has 1 aliphatic heterocycles. The van der Waals surface area contributed by atoms with Crippen molar-refractivity contribution in [3.05, 3.63) is 0 Å². The average Bonchev–Trinajstić information content (AvgIpc) is 2.38. The second kappa shape index (κ2) is 9.39. The summed E-state index contributed by atoms with van der Waals surface area (Å²) in [5.41, 5.74) is 0. The summed E-state index contributed by atoms with van der Waals surface area (Å²) in [5, 5.41) is 3.17. The topological polar surface area (TPSA) is 56.8 Å². The van der Waals surface area contributed by atoms with Gasteiger partial charge in [-0.25, -0.2) is 0 Å². The fourth-order valence-electron chi connectivity index (χ4n) is 1.73. The average molecular weight is 245 g/mol. The van der Waals surface area contributed by atoms with Crippen molar-refractivity contribution in [2.75, 3.05) is 40.1 Å². The molecule has 0 spiro atoms. The van der Waals surface area contributed by atoms with Crippen LogP contribution in [0.3, 0.4) is 0 Å². The van der Waals surface area contributed by atoms with Gasteiger partial charge in [0.25, 0.3) is 0 Å². The van der Waals surface area contributed by atoms with Gasteiger partial charge < -0.3 is 19.5 Å². The highest BCUT2D eigenvalue weighted by atomic mass is 16.5. The van der Waals surface area contributed by atoms with Crippen LogP contribution in [0.15, 0.2) is 0 Å². The predicted octanol–water partition coefficient (Wildman–Crippen LogP) is 0.725. The molecule has 1 saturated heterocycles. The van der Waals surface area contributed by atoms with Gasteiger partial charge in [-0.05, 0) is 19.4 Å². The van der Waals surface area contributed by atoms with E-state index in [4.69, 9.17) is 14.2 Å². The normalized spacial score (nSPS) is 20.2. The van der Waals surface area contributed by atoms with E-state index in [-0.39, 0.29) is 12.0 Å². The molecule has 0 aromatic carbocycles. The standard InChI is InChI=1S/C12H23NO4/c1-15-9-10-16-7-4-8-17-12(14)11-5-2-3-6-13-11/h11,13H,2-10H2,1H3/t11-/m1/s1. The van der Waals surface area contributed by atoms with Crippen LogP contribution in [0.1, 0.15) is 25.7 Å². The molecule has 1 fully saturated rings. The summed E-state index contributed by atoms with van der Waals surface area (Å²) >= 11 is 0. The van der Waals surface area contributed by atoms with Crippen molar-refractivity contribution in [2.45, 2.75) is 31.7 Å². The summed E-state index contributed by atoms with van der Waals surface area (Å²) in [6, 6.07) is -0.0989. The molecule has 1 aliphatic rings. The maximum atomic E-state index is 11.6. The van der Waals surface area contributed by atoms with Crippen LogP contribution < -0.4 is 5.32 Å². The lowest BCUT2D eigenvalue weighted by Gasteiger charge is -2.21. The van der Waals surface area contributed by atoms with E-state index in [0.717, 1.165) is 32.2 Å². The quantitative estimate of drug-likeness (QED) is 0.504. The lowest BCUT2D eigenvalue weighted by Crippen LogP contribution is -2.41. The fourth-order valence-corrected chi connectivity index (χ4v) is 1.73. The molecule has 1 atom stereocenters. The molecular formula is C12H23NO4. The predicted molar refractivity (Wildman–Crippen MR) is 63.9 cm³/mol. The van der Waals surface area contributed by atoms with Gasteiger partial charge in [-0.1, -0.05) is 6.42 Å². The summed E-state index contributed by atoms with van der Waals surface area (Å²) in [5.74, 6) is -0.124. The van der Waals surface area contributed by atoms with E-state index in [1.165, 1.54) is 0 Å². The van der Waals surface area contributed by atoms with Crippen LogP contribution in [0, 0.1) is 0 Å². The second-order valence-corrected chi connectivity index (χ2v) is 4.13. The van der Waals surface area contributed by atoms with Gasteiger partial charge in [0.15, 0.2) is 0 Å². The number of esters is 1. The van der Waals surface area contributed by atoms with Crippen LogP contribution in [0.4, 0.5) is 0 Å². The number of nitrogens with one attached hydrogen (secondary N) is 1. The first kappa shape index (κ1) is 14.4. The fraction of sp³-hybridized carbons (Fsp3) is 0.917.